The Kier molecular flexibility index (Phi) is 3.71. The summed E-state index contributed by atoms with van der Waals surface area (Å²) in [5, 5.41) is 8.93. The van der Waals surface area contributed by atoms with Crippen LogP contribution in [0.3, 0.4) is 0 Å². The molecule has 0 aromatic carbocycles. The molecule has 0 saturated heterocycles. The third kappa shape index (κ3) is 2.81. The van der Waals surface area contributed by atoms with Gasteiger partial charge in [0.05, 0.1) is 11.3 Å². The minimum atomic E-state index is -0.949. The first-order valence-corrected chi connectivity index (χ1v) is 6.25. The van der Waals surface area contributed by atoms with Crippen LogP contribution in [0.1, 0.15) is 66.3 Å². The van der Waals surface area contributed by atoms with Gasteiger partial charge in [-0.05, 0) is 19.8 Å². The Balaban J connectivity index is 2.21. The fourth-order valence-electron chi connectivity index (χ4n) is 2.43. The van der Waals surface area contributed by atoms with Gasteiger partial charge in [0.25, 0.3) is 0 Å². The molecular formula is C13H18N2O2. The number of nitrogens with zero attached hydrogens (tertiary/aromatic N) is 2. The molecule has 0 spiro atoms. The summed E-state index contributed by atoms with van der Waals surface area (Å²) in [7, 11) is 0. The summed E-state index contributed by atoms with van der Waals surface area (Å²) in [5.41, 5.74) is 0.786. The fraction of sp³-hybridized carbons (Fsp3) is 0.615. The van der Waals surface area contributed by atoms with Crippen molar-refractivity contribution >= 4 is 5.97 Å². The second-order valence-electron chi connectivity index (χ2n) is 4.72. The smallest absolute Gasteiger partial charge is 0.339 e. The van der Waals surface area contributed by atoms with Crippen molar-refractivity contribution in [1.29, 1.82) is 0 Å². The van der Waals surface area contributed by atoms with Gasteiger partial charge in [-0.2, -0.15) is 0 Å². The quantitative estimate of drug-likeness (QED) is 0.799. The van der Waals surface area contributed by atoms with Crippen molar-refractivity contribution in [3.8, 4) is 0 Å². The highest BCUT2D eigenvalue weighted by atomic mass is 16.4. The molecule has 4 heteroatoms. The Hall–Kier alpha value is -1.45. The summed E-state index contributed by atoms with van der Waals surface area (Å²) in [6.07, 6.45) is 8.76. The molecule has 0 bridgehead atoms. The highest BCUT2D eigenvalue weighted by molar-refractivity contribution is 5.88. The maximum absolute atomic E-state index is 10.9. The lowest BCUT2D eigenvalue weighted by Gasteiger charge is -2.13. The summed E-state index contributed by atoms with van der Waals surface area (Å²) in [5.74, 6) is 0.295. The van der Waals surface area contributed by atoms with Crippen LogP contribution in [0, 0.1) is 6.92 Å². The second-order valence-corrected chi connectivity index (χ2v) is 4.72. The Labute approximate surface area is 101 Å². The third-order valence-corrected chi connectivity index (χ3v) is 3.45. The van der Waals surface area contributed by atoms with Crippen molar-refractivity contribution in [3.05, 3.63) is 23.3 Å². The molecule has 1 N–H and O–H groups in total. The van der Waals surface area contributed by atoms with E-state index in [9.17, 15) is 4.79 Å². The lowest BCUT2D eigenvalue weighted by molar-refractivity contribution is 0.0695. The molecule has 1 aromatic heterocycles. The average molecular weight is 234 g/mol. The van der Waals surface area contributed by atoms with Crippen molar-refractivity contribution in [2.75, 3.05) is 0 Å². The van der Waals surface area contributed by atoms with Crippen LogP contribution < -0.4 is 0 Å². The zero-order valence-corrected chi connectivity index (χ0v) is 10.1. The maximum atomic E-state index is 10.9. The molecule has 0 aliphatic heterocycles. The number of aryl methyl sites for hydroxylation is 1. The Morgan fingerprint density at radius 1 is 1.29 bits per heavy atom. The third-order valence-electron chi connectivity index (χ3n) is 3.45. The first-order chi connectivity index (χ1) is 8.18. The summed E-state index contributed by atoms with van der Waals surface area (Å²) >= 11 is 0. The van der Waals surface area contributed by atoms with Crippen LogP contribution in [0.2, 0.25) is 0 Å². The van der Waals surface area contributed by atoms with Crippen LogP contribution in [0.25, 0.3) is 0 Å². The van der Waals surface area contributed by atoms with E-state index < -0.39 is 5.97 Å². The number of aromatic carboxylic acids is 1. The predicted octanol–water partition coefficient (Wildman–Crippen LogP) is 2.92. The van der Waals surface area contributed by atoms with E-state index in [4.69, 9.17) is 5.11 Å². The number of carboxylic acid groups (broad SMARTS) is 1. The van der Waals surface area contributed by atoms with Crippen molar-refractivity contribution in [2.45, 2.75) is 51.4 Å². The molecule has 1 aliphatic rings. The van der Waals surface area contributed by atoms with Crippen LogP contribution in [-0.4, -0.2) is 21.0 Å². The first kappa shape index (κ1) is 12.0. The number of carbonyl (C=O) groups is 1. The molecule has 1 saturated carbocycles. The highest BCUT2D eigenvalue weighted by Crippen LogP contribution is 2.29. The first-order valence-electron chi connectivity index (χ1n) is 6.25. The Morgan fingerprint density at radius 2 is 1.94 bits per heavy atom. The molecule has 92 valence electrons. The molecule has 0 radical (unpaired) electrons. The number of rotatable bonds is 2. The van der Waals surface area contributed by atoms with Crippen molar-refractivity contribution < 1.29 is 9.90 Å². The molecular weight excluding hydrogens is 216 g/mol. The Morgan fingerprint density at radius 3 is 2.47 bits per heavy atom. The van der Waals surface area contributed by atoms with Crippen LogP contribution in [0.5, 0.6) is 0 Å². The van der Waals surface area contributed by atoms with E-state index in [1.165, 1.54) is 31.9 Å². The van der Waals surface area contributed by atoms with Gasteiger partial charge >= 0.3 is 5.97 Å². The molecule has 1 fully saturated rings. The van der Waals surface area contributed by atoms with Gasteiger partial charge in [0.1, 0.15) is 5.82 Å². The number of hydrogen-bond acceptors (Lipinski definition) is 3. The van der Waals surface area contributed by atoms with Gasteiger partial charge < -0.3 is 5.11 Å². The van der Waals surface area contributed by atoms with E-state index in [2.05, 4.69) is 9.97 Å². The van der Waals surface area contributed by atoms with E-state index in [1.807, 2.05) is 0 Å². The van der Waals surface area contributed by atoms with Crippen molar-refractivity contribution in [3.63, 3.8) is 0 Å². The Bertz CT molecular complexity index is 410. The predicted molar refractivity (Wildman–Crippen MR) is 64.2 cm³/mol. The zero-order valence-electron chi connectivity index (χ0n) is 10.1. The van der Waals surface area contributed by atoms with E-state index in [1.54, 1.807) is 6.92 Å². The minimum absolute atomic E-state index is 0.211. The molecule has 2 rings (SSSR count). The van der Waals surface area contributed by atoms with E-state index >= 15 is 0 Å². The standard InChI is InChI=1S/C13H18N2O2/c1-9-11(13(16)17)8-14-12(15-9)10-6-4-2-3-5-7-10/h8,10H,2-7H2,1H3,(H,16,17). The molecule has 0 atom stereocenters. The normalized spacial score (nSPS) is 17.7. The van der Waals surface area contributed by atoms with Gasteiger partial charge in [-0.3, -0.25) is 0 Å². The van der Waals surface area contributed by atoms with Gasteiger partial charge in [0, 0.05) is 12.1 Å². The lowest BCUT2D eigenvalue weighted by atomic mass is 9.99. The summed E-state index contributed by atoms with van der Waals surface area (Å²) in [6, 6.07) is 0. The van der Waals surface area contributed by atoms with Gasteiger partial charge in [-0.25, -0.2) is 14.8 Å². The number of aromatic nitrogens is 2. The summed E-state index contributed by atoms with van der Waals surface area (Å²) < 4.78 is 0. The van der Waals surface area contributed by atoms with E-state index in [0.717, 1.165) is 18.7 Å². The molecule has 17 heavy (non-hydrogen) atoms. The van der Waals surface area contributed by atoms with E-state index in [-0.39, 0.29) is 5.56 Å². The second kappa shape index (κ2) is 5.25. The number of carboxylic acids is 1. The molecule has 0 amide bonds. The van der Waals surface area contributed by atoms with Crippen LogP contribution in [0.4, 0.5) is 0 Å². The van der Waals surface area contributed by atoms with Crippen molar-refractivity contribution in [2.24, 2.45) is 0 Å². The average Bonchev–Trinajstić information content (AvgIpc) is 2.56. The molecule has 1 aliphatic carbocycles. The van der Waals surface area contributed by atoms with Gasteiger partial charge in [0.15, 0.2) is 0 Å². The van der Waals surface area contributed by atoms with E-state index in [0.29, 0.717) is 11.6 Å². The van der Waals surface area contributed by atoms with Crippen LogP contribution >= 0.6 is 0 Å². The molecule has 4 nitrogen and oxygen atoms in total. The van der Waals surface area contributed by atoms with Crippen molar-refractivity contribution in [1.82, 2.24) is 9.97 Å². The van der Waals surface area contributed by atoms with Gasteiger partial charge in [-0.15, -0.1) is 0 Å². The minimum Gasteiger partial charge on any atom is -0.478 e. The lowest BCUT2D eigenvalue weighted by Crippen LogP contribution is -2.09. The number of hydrogen-bond donors (Lipinski definition) is 1. The fourth-order valence-corrected chi connectivity index (χ4v) is 2.43. The molecule has 1 heterocycles. The zero-order chi connectivity index (χ0) is 12.3. The monoisotopic (exact) mass is 234 g/mol. The highest BCUT2D eigenvalue weighted by Gasteiger charge is 2.18. The van der Waals surface area contributed by atoms with Crippen LogP contribution in [0.15, 0.2) is 6.20 Å². The topological polar surface area (TPSA) is 63.1 Å². The van der Waals surface area contributed by atoms with Crippen LogP contribution in [-0.2, 0) is 0 Å². The molecule has 1 aromatic rings. The largest absolute Gasteiger partial charge is 0.478 e. The maximum Gasteiger partial charge on any atom is 0.339 e. The molecule has 0 unspecified atom stereocenters. The summed E-state index contributed by atoms with van der Waals surface area (Å²) in [4.78, 5) is 19.5. The summed E-state index contributed by atoms with van der Waals surface area (Å²) in [6.45, 7) is 1.74. The van der Waals surface area contributed by atoms with Gasteiger partial charge in [0.2, 0.25) is 0 Å². The SMILES string of the molecule is Cc1nc(C2CCCCCC2)ncc1C(=O)O. The van der Waals surface area contributed by atoms with Gasteiger partial charge in [-0.1, -0.05) is 25.7 Å².